The summed E-state index contributed by atoms with van der Waals surface area (Å²) in [7, 11) is 0. The van der Waals surface area contributed by atoms with Gasteiger partial charge in [-0.25, -0.2) is 0 Å². The van der Waals surface area contributed by atoms with E-state index >= 15 is 0 Å². The molecule has 1 aliphatic rings. The summed E-state index contributed by atoms with van der Waals surface area (Å²) in [4.78, 5) is 0. The number of nitrogen functional groups attached to an aromatic ring is 1. The minimum atomic E-state index is 0.598. The van der Waals surface area contributed by atoms with Crippen molar-refractivity contribution < 1.29 is 0 Å². The van der Waals surface area contributed by atoms with Crippen molar-refractivity contribution in [2.75, 3.05) is 11.1 Å². The highest BCUT2D eigenvalue weighted by Crippen LogP contribution is 2.31. The van der Waals surface area contributed by atoms with Gasteiger partial charge in [0.05, 0.1) is 0 Å². The van der Waals surface area contributed by atoms with E-state index in [2.05, 4.69) is 23.5 Å². The number of nitrogens with one attached hydrogen (secondary N) is 1. The molecule has 1 aromatic heterocycles. The molecule has 1 fully saturated rings. The summed E-state index contributed by atoms with van der Waals surface area (Å²) in [5.74, 6) is 2.25. The minimum absolute atomic E-state index is 0.598. The third kappa shape index (κ3) is 2.62. The van der Waals surface area contributed by atoms with Crippen molar-refractivity contribution >= 4 is 22.4 Å². The molecule has 15 heavy (non-hydrogen) atoms. The van der Waals surface area contributed by atoms with E-state index in [-0.39, 0.29) is 0 Å². The fraction of sp³-hybridized carbons (Fsp3) is 0.727. The number of nitrogens with zero attached hydrogens (tertiary/aromatic N) is 1. The van der Waals surface area contributed by atoms with E-state index in [1.165, 1.54) is 30.8 Å². The maximum atomic E-state index is 5.60. The van der Waals surface area contributed by atoms with Crippen LogP contribution in [0.1, 0.15) is 33.1 Å². The molecule has 0 aromatic carbocycles. The van der Waals surface area contributed by atoms with Gasteiger partial charge in [0, 0.05) is 12.1 Å². The average molecular weight is 225 g/mol. The Balaban J connectivity index is 1.94. The monoisotopic (exact) mass is 225 g/mol. The van der Waals surface area contributed by atoms with Gasteiger partial charge in [-0.3, -0.25) is 0 Å². The fourth-order valence-electron chi connectivity index (χ4n) is 2.42. The Hall–Kier alpha value is -0.770. The summed E-state index contributed by atoms with van der Waals surface area (Å²) < 4.78 is 4.08. The van der Waals surface area contributed by atoms with E-state index in [1.54, 1.807) is 0 Å². The van der Waals surface area contributed by atoms with Crippen molar-refractivity contribution in [1.82, 2.24) is 4.37 Å². The molecule has 0 aliphatic heterocycles. The van der Waals surface area contributed by atoms with Crippen LogP contribution in [0.3, 0.4) is 0 Å². The van der Waals surface area contributed by atoms with Gasteiger partial charge in [-0.2, -0.15) is 4.37 Å². The first-order valence-electron chi connectivity index (χ1n) is 5.64. The smallest absolute Gasteiger partial charge is 0.139 e. The van der Waals surface area contributed by atoms with E-state index in [0.29, 0.717) is 11.9 Å². The van der Waals surface area contributed by atoms with Gasteiger partial charge in [0.2, 0.25) is 0 Å². The van der Waals surface area contributed by atoms with Crippen LogP contribution in [0.25, 0.3) is 0 Å². The van der Waals surface area contributed by atoms with Crippen LogP contribution in [-0.4, -0.2) is 10.4 Å². The molecule has 3 atom stereocenters. The number of hydrogen-bond donors (Lipinski definition) is 2. The van der Waals surface area contributed by atoms with E-state index in [9.17, 15) is 0 Å². The van der Waals surface area contributed by atoms with Crippen molar-refractivity contribution in [3.05, 3.63) is 6.07 Å². The Morgan fingerprint density at radius 2 is 2.27 bits per heavy atom. The van der Waals surface area contributed by atoms with Crippen LogP contribution in [0.2, 0.25) is 0 Å². The molecular weight excluding hydrogens is 206 g/mol. The highest BCUT2D eigenvalue weighted by Gasteiger charge is 2.25. The van der Waals surface area contributed by atoms with Crippen molar-refractivity contribution in [2.24, 2.45) is 11.8 Å². The third-order valence-electron chi connectivity index (χ3n) is 3.29. The van der Waals surface area contributed by atoms with Crippen molar-refractivity contribution in [3.8, 4) is 0 Å². The zero-order valence-corrected chi connectivity index (χ0v) is 10.2. The van der Waals surface area contributed by atoms with Gasteiger partial charge in [-0.05, 0) is 42.6 Å². The van der Waals surface area contributed by atoms with Crippen LogP contribution in [0, 0.1) is 11.8 Å². The van der Waals surface area contributed by atoms with Crippen LogP contribution in [0.5, 0.6) is 0 Å². The summed E-state index contributed by atoms with van der Waals surface area (Å²) in [5.41, 5.74) is 5.60. The minimum Gasteiger partial charge on any atom is -0.383 e. The van der Waals surface area contributed by atoms with E-state index in [1.807, 2.05) is 6.07 Å². The first-order valence-corrected chi connectivity index (χ1v) is 6.41. The molecule has 0 saturated heterocycles. The molecule has 3 N–H and O–H groups in total. The lowest BCUT2D eigenvalue weighted by Crippen LogP contribution is -2.32. The van der Waals surface area contributed by atoms with E-state index in [0.717, 1.165) is 16.8 Å². The molecule has 1 aromatic rings. The molecule has 1 aliphatic carbocycles. The number of nitrogens with two attached hydrogens (primary N) is 1. The Labute approximate surface area is 95.2 Å². The molecule has 0 bridgehead atoms. The lowest BCUT2D eigenvalue weighted by molar-refractivity contribution is 0.277. The largest absolute Gasteiger partial charge is 0.383 e. The summed E-state index contributed by atoms with van der Waals surface area (Å²) in [6.07, 6.45) is 3.92. The van der Waals surface area contributed by atoms with Crippen LogP contribution in [0.4, 0.5) is 10.8 Å². The summed E-state index contributed by atoms with van der Waals surface area (Å²) in [5, 5.41) is 4.66. The zero-order valence-electron chi connectivity index (χ0n) is 9.36. The number of aromatic nitrogens is 1. The van der Waals surface area contributed by atoms with Crippen LogP contribution in [0.15, 0.2) is 6.07 Å². The van der Waals surface area contributed by atoms with Gasteiger partial charge >= 0.3 is 0 Å². The molecule has 1 heterocycles. The van der Waals surface area contributed by atoms with Crippen LogP contribution < -0.4 is 11.1 Å². The Morgan fingerprint density at radius 1 is 1.47 bits per heavy atom. The predicted molar refractivity (Wildman–Crippen MR) is 66.1 cm³/mol. The molecule has 84 valence electrons. The lowest BCUT2D eigenvalue weighted by Gasteiger charge is -2.33. The van der Waals surface area contributed by atoms with Crippen molar-refractivity contribution in [3.63, 3.8) is 0 Å². The molecule has 4 heteroatoms. The second-order valence-corrected chi connectivity index (χ2v) is 5.57. The van der Waals surface area contributed by atoms with Crippen molar-refractivity contribution in [2.45, 2.75) is 39.2 Å². The maximum Gasteiger partial charge on any atom is 0.139 e. The number of anilines is 2. The Morgan fingerprint density at radius 3 is 2.87 bits per heavy atom. The molecule has 1 saturated carbocycles. The molecule has 0 amide bonds. The SMILES string of the molecule is CC1CCC(Nc2cc(N)ns2)C(C)C1. The lowest BCUT2D eigenvalue weighted by atomic mass is 9.80. The van der Waals surface area contributed by atoms with Gasteiger partial charge in [-0.1, -0.05) is 13.8 Å². The van der Waals surface area contributed by atoms with Gasteiger partial charge in [0.1, 0.15) is 10.8 Å². The van der Waals surface area contributed by atoms with Crippen molar-refractivity contribution in [1.29, 1.82) is 0 Å². The van der Waals surface area contributed by atoms with E-state index in [4.69, 9.17) is 5.73 Å². The molecule has 3 nitrogen and oxygen atoms in total. The fourth-order valence-corrected chi connectivity index (χ4v) is 3.05. The predicted octanol–water partition coefficient (Wildman–Crippen LogP) is 2.96. The molecule has 2 rings (SSSR count). The second-order valence-electron chi connectivity index (χ2n) is 4.76. The number of rotatable bonds is 2. The molecule has 0 spiro atoms. The second kappa shape index (κ2) is 4.39. The Kier molecular flexibility index (Phi) is 3.14. The molecule has 3 unspecified atom stereocenters. The topological polar surface area (TPSA) is 50.9 Å². The van der Waals surface area contributed by atoms with Gasteiger partial charge in [0.25, 0.3) is 0 Å². The maximum absolute atomic E-state index is 5.60. The average Bonchev–Trinajstić information content (AvgIpc) is 2.56. The third-order valence-corrected chi connectivity index (χ3v) is 4.02. The van der Waals surface area contributed by atoms with Crippen LogP contribution in [-0.2, 0) is 0 Å². The van der Waals surface area contributed by atoms with Gasteiger partial charge < -0.3 is 11.1 Å². The normalized spacial score (nSPS) is 31.5. The van der Waals surface area contributed by atoms with Gasteiger partial charge in [0.15, 0.2) is 0 Å². The summed E-state index contributed by atoms with van der Waals surface area (Å²) in [6.45, 7) is 4.68. The molecule has 0 radical (unpaired) electrons. The first-order chi connectivity index (χ1) is 7.15. The number of hydrogen-bond acceptors (Lipinski definition) is 4. The van der Waals surface area contributed by atoms with Gasteiger partial charge in [-0.15, -0.1) is 0 Å². The quantitative estimate of drug-likeness (QED) is 0.813. The summed E-state index contributed by atoms with van der Waals surface area (Å²) >= 11 is 1.46. The van der Waals surface area contributed by atoms with Crippen LogP contribution >= 0.6 is 11.5 Å². The first kappa shape index (κ1) is 10.7. The zero-order chi connectivity index (χ0) is 10.8. The standard InChI is InChI=1S/C11H19N3S/c1-7-3-4-9(8(2)5-7)13-11-6-10(12)14-15-11/h6-9,13H,3-5H2,1-2H3,(H2,12,14). The highest BCUT2D eigenvalue weighted by molar-refractivity contribution is 7.10. The summed E-state index contributed by atoms with van der Waals surface area (Å²) in [6, 6.07) is 2.52. The van der Waals surface area contributed by atoms with E-state index < -0.39 is 0 Å². The Bertz CT molecular complexity index is 323. The molecular formula is C11H19N3S. The highest BCUT2D eigenvalue weighted by atomic mass is 32.1.